The lowest BCUT2D eigenvalue weighted by molar-refractivity contribution is -0.112. The Labute approximate surface area is 90.9 Å². The first-order chi connectivity index (χ1) is 5.94. The number of halogens is 3. The average molecular weight is 245 g/mol. The number of hydroxylamine groups is 1. The van der Waals surface area contributed by atoms with Gasteiger partial charge in [-0.15, -0.1) is 17.1 Å². The van der Waals surface area contributed by atoms with E-state index in [4.69, 9.17) is 39.6 Å². The Bertz CT molecular complexity index is 256. The van der Waals surface area contributed by atoms with Gasteiger partial charge >= 0.3 is 0 Å². The summed E-state index contributed by atoms with van der Waals surface area (Å²) in [5.41, 5.74) is 1.97. The molecule has 0 aliphatic carbocycles. The Morgan fingerprint density at radius 1 is 1.85 bits per heavy atom. The van der Waals surface area contributed by atoms with Crippen LogP contribution in [0, 0.1) is 0 Å². The molecular weight excluding hydrogens is 236 g/mol. The monoisotopic (exact) mass is 243 g/mol. The molecule has 1 rings (SSSR count). The van der Waals surface area contributed by atoms with E-state index in [2.05, 4.69) is 5.48 Å². The lowest BCUT2D eigenvalue weighted by Crippen LogP contribution is -2.44. The van der Waals surface area contributed by atoms with Crippen molar-refractivity contribution in [1.82, 2.24) is 5.48 Å². The smallest absolute Gasteiger partial charge is 0.223 e. The van der Waals surface area contributed by atoms with E-state index >= 15 is 0 Å². The molecule has 13 heavy (non-hydrogen) atoms. The minimum Gasteiger partial charge on any atom is -0.396 e. The fourth-order valence-electron chi connectivity index (χ4n) is 0.961. The van der Waals surface area contributed by atoms with Gasteiger partial charge in [0, 0.05) is 6.42 Å². The molecule has 2 unspecified atom stereocenters. The van der Waals surface area contributed by atoms with Gasteiger partial charge in [-0.25, -0.2) is 0 Å². The fraction of sp³-hybridized carbons (Fsp3) is 0.571. The van der Waals surface area contributed by atoms with Crippen LogP contribution >= 0.6 is 34.8 Å². The minimum absolute atomic E-state index is 0.0522. The summed E-state index contributed by atoms with van der Waals surface area (Å²) >= 11 is 16.7. The first-order valence-electron chi connectivity index (χ1n) is 3.59. The van der Waals surface area contributed by atoms with Crippen LogP contribution in [0.4, 0.5) is 0 Å². The van der Waals surface area contributed by atoms with Crippen LogP contribution in [0.2, 0.25) is 0 Å². The highest BCUT2D eigenvalue weighted by atomic mass is 35.5. The SMILES string of the molecule is CC1(C(Cl)CC(=O)Cl)C=C(Cl)ON1. The molecule has 1 heterocycles. The van der Waals surface area contributed by atoms with Gasteiger partial charge in [-0.2, -0.15) is 0 Å². The van der Waals surface area contributed by atoms with Crippen molar-refractivity contribution in [3.05, 3.63) is 11.3 Å². The second-order valence-electron chi connectivity index (χ2n) is 2.96. The van der Waals surface area contributed by atoms with Gasteiger partial charge in [0.15, 0.2) is 0 Å². The highest BCUT2D eigenvalue weighted by Crippen LogP contribution is 2.29. The quantitative estimate of drug-likeness (QED) is 0.610. The summed E-state index contributed by atoms with van der Waals surface area (Å²) in [5, 5.41) is -0.761. The van der Waals surface area contributed by atoms with Gasteiger partial charge in [0.2, 0.25) is 10.5 Å². The maximum atomic E-state index is 10.6. The predicted molar refractivity (Wildman–Crippen MR) is 51.7 cm³/mol. The van der Waals surface area contributed by atoms with E-state index < -0.39 is 16.2 Å². The summed E-state index contributed by atoms with van der Waals surface area (Å²) < 4.78 is 0. The Morgan fingerprint density at radius 2 is 2.46 bits per heavy atom. The predicted octanol–water partition coefficient (Wildman–Crippen LogP) is 2.12. The molecule has 0 aromatic heterocycles. The Kier molecular flexibility index (Phi) is 3.46. The van der Waals surface area contributed by atoms with Crippen LogP contribution in [-0.2, 0) is 9.63 Å². The van der Waals surface area contributed by atoms with Gasteiger partial charge in [0.05, 0.1) is 10.9 Å². The molecule has 0 amide bonds. The fourth-order valence-corrected chi connectivity index (χ4v) is 1.71. The molecule has 0 saturated heterocycles. The first-order valence-corrected chi connectivity index (χ1v) is 4.78. The summed E-state index contributed by atoms with van der Waals surface area (Å²) in [5.74, 6) is 0. The third kappa shape index (κ3) is 2.74. The average Bonchev–Trinajstić information content (AvgIpc) is 2.31. The first kappa shape index (κ1) is 11.1. The molecule has 2 atom stereocenters. The van der Waals surface area contributed by atoms with Crippen LogP contribution in [0.15, 0.2) is 11.3 Å². The third-order valence-corrected chi connectivity index (χ3v) is 2.72. The highest BCUT2D eigenvalue weighted by molar-refractivity contribution is 6.63. The van der Waals surface area contributed by atoms with Crippen molar-refractivity contribution in [2.24, 2.45) is 0 Å². The molecule has 1 aliphatic rings. The van der Waals surface area contributed by atoms with Gasteiger partial charge in [0.1, 0.15) is 0 Å². The molecular formula is C7H8Cl3NO2. The van der Waals surface area contributed by atoms with Crippen LogP contribution in [0.1, 0.15) is 13.3 Å². The molecule has 1 aliphatic heterocycles. The van der Waals surface area contributed by atoms with E-state index in [-0.39, 0.29) is 11.6 Å². The number of carbonyl (C=O) groups excluding carboxylic acids is 1. The van der Waals surface area contributed by atoms with Crippen LogP contribution in [0.5, 0.6) is 0 Å². The standard InChI is InChI=1S/C7H8Cl3NO2/c1-7(3-6(10)13-11-7)4(8)2-5(9)12/h3-4,11H,2H2,1H3. The van der Waals surface area contributed by atoms with Crippen LogP contribution in [0.3, 0.4) is 0 Å². The summed E-state index contributed by atoms with van der Waals surface area (Å²) in [7, 11) is 0. The summed E-state index contributed by atoms with van der Waals surface area (Å²) in [4.78, 5) is 15.4. The second-order valence-corrected chi connectivity index (χ2v) is 4.28. The summed E-state index contributed by atoms with van der Waals surface area (Å²) in [6, 6.07) is 0. The van der Waals surface area contributed by atoms with Gasteiger partial charge < -0.3 is 4.84 Å². The van der Waals surface area contributed by atoms with Crippen molar-refractivity contribution in [3.63, 3.8) is 0 Å². The Hall–Kier alpha value is 0.0400. The minimum atomic E-state index is -0.650. The van der Waals surface area contributed by atoms with E-state index in [1.165, 1.54) is 0 Å². The van der Waals surface area contributed by atoms with Crippen LogP contribution in [-0.4, -0.2) is 16.2 Å². The lowest BCUT2D eigenvalue weighted by Gasteiger charge is -2.24. The number of alkyl halides is 1. The van der Waals surface area contributed by atoms with E-state index in [0.717, 1.165) is 0 Å². The summed E-state index contributed by atoms with van der Waals surface area (Å²) in [6.45, 7) is 1.76. The van der Waals surface area contributed by atoms with E-state index in [1.807, 2.05) is 0 Å². The van der Waals surface area contributed by atoms with Gasteiger partial charge in [0.25, 0.3) is 0 Å². The number of nitrogens with one attached hydrogen (secondary N) is 1. The largest absolute Gasteiger partial charge is 0.396 e. The molecule has 1 N–H and O–H groups in total. The van der Waals surface area contributed by atoms with Crippen molar-refractivity contribution in [3.8, 4) is 0 Å². The van der Waals surface area contributed by atoms with Crippen molar-refractivity contribution in [2.75, 3.05) is 0 Å². The maximum absolute atomic E-state index is 10.6. The topological polar surface area (TPSA) is 38.3 Å². The van der Waals surface area contributed by atoms with Crippen molar-refractivity contribution in [1.29, 1.82) is 0 Å². The number of rotatable bonds is 3. The molecule has 0 radical (unpaired) electrons. The number of hydrogen-bond donors (Lipinski definition) is 1. The zero-order valence-electron chi connectivity index (χ0n) is 6.81. The number of hydrogen-bond acceptors (Lipinski definition) is 3. The Balaban J connectivity index is 2.65. The molecule has 3 nitrogen and oxygen atoms in total. The molecule has 0 aromatic rings. The van der Waals surface area contributed by atoms with Crippen LogP contribution < -0.4 is 5.48 Å². The van der Waals surface area contributed by atoms with E-state index in [0.29, 0.717) is 0 Å². The van der Waals surface area contributed by atoms with E-state index in [9.17, 15) is 4.79 Å². The van der Waals surface area contributed by atoms with Crippen molar-refractivity contribution >= 4 is 40.0 Å². The van der Waals surface area contributed by atoms with Crippen molar-refractivity contribution < 1.29 is 9.63 Å². The van der Waals surface area contributed by atoms with Gasteiger partial charge in [-0.3, -0.25) is 4.79 Å². The van der Waals surface area contributed by atoms with E-state index in [1.54, 1.807) is 13.0 Å². The molecule has 74 valence electrons. The van der Waals surface area contributed by atoms with Crippen LogP contribution in [0.25, 0.3) is 0 Å². The molecule has 0 bridgehead atoms. The Morgan fingerprint density at radius 3 is 2.85 bits per heavy atom. The zero-order valence-corrected chi connectivity index (χ0v) is 9.08. The zero-order chi connectivity index (χ0) is 10.1. The van der Waals surface area contributed by atoms with Crippen molar-refractivity contribution in [2.45, 2.75) is 24.3 Å². The second kappa shape index (κ2) is 4.05. The molecule has 0 saturated carbocycles. The normalized spacial score (nSPS) is 29.4. The molecule has 6 heteroatoms. The molecule has 0 fully saturated rings. The molecule has 0 aromatic carbocycles. The maximum Gasteiger partial charge on any atom is 0.223 e. The third-order valence-electron chi connectivity index (χ3n) is 1.77. The lowest BCUT2D eigenvalue weighted by atomic mass is 9.97. The summed E-state index contributed by atoms with van der Waals surface area (Å²) in [6.07, 6.45) is 1.66. The van der Waals surface area contributed by atoms with Gasteiger partial charge in [-0.1, -0.05) is 0 Å². The molecule has 0 spiro atoms. The van der Waals surface area contributed by atoms with Gasteiger partial charge in [-0.05, 0) is 36.2 Å². The number of carbonyl (C=O) groups is 1. The highest BCUT2D eigenvalue weighted by Gasteiger charge is 2.37.